The van der Waals surface area contributed by atoms with E-state index in [4.69, 9.17) is 0 Å². The van der Waals surface area contributed by atoms with Crippen LogP contribution in [0, 0.1) is 11.6 Å². The minimum atomic E-state index is -0.902. The van der Waals surface area contributed by atoms with Gasteiger partial charge < -0.3 is 10.6 Å². The minimum absolute atomic E-state index is 0.129. The average Bonchev–Trinajstić information content (AvgIpc) is 3.18. The number of hydrogen-bond acceptors (Lipinski definition) is 5. The van der Waals surface area contributed by atoms with Crippen LogP contribution < -0.4 is 10.6 Å². The van der Waals surface area contributed by atoms with Crippen LogP contribution in [0.25, 0.3) is 11.0 Å². The van der Waals surface area contributed by atoms with Gasteiger partial charge in [-0.15, -0.1) is 0 Å². The van der Waals surface area contributed by atoms with Crippen LogP contribution in [0.4, 0.5) is 14.6 Å². The van der Waals surface area contributed by atoms with Crippen molar-refractivity contribution in [2.75, 3.05) is 18.4 Å². The number of amides is 1. The predicted octanol–water partition coefficient (Wildman–Crippen LogP) is 3.19. The van der Waals surface area contributed by atoms with Crippen LogP contribution >= 0.6 is 0 Å². The molecule has 0 fully saturated rings. The smallest absolute Gasteiger partial charge is 0.257 e. The maximum absolute atomic E-state index is 13.7. The lowest BCUT2D eigenvalue weighted by molar-refractivity contribution is 0.0943. The van der Waals surface area contributed by atoms with E-state index in [0.29, 0.717) is 18.0 Å². The highest BCUT2D eigenvalue weighted by molar-refractivity contribution is 5.94. The first-order valence-electron chi connectivity index (χ1n) is 9.80. The molecule has 2 N–H and O–H groups in total. The summed E-state index contributed by atoms with van der Waals surface area (Å²) in [7, 11) is 0. The van der Waals surface area contributed by atoms with Gasteiger partial charge in [0.1, 0.15) is 29.3 Å². The maximum atomic E-state index is 13.7. The summed E-state index contributed by atoms with van der Waals surface area (Å²) in [5.74, 6) is -1.95. The molecule has 2 heterocycles. The van der Waals surface area contributed by atoms with Gasteiger partial charge in [-0.25, -0.2) is 23.4 Å². The Labute approximate surface area is 177 Å². The van der Waals surface area contributed by atoms with Crippen molar-refractivity contribution >= 4 is 22.8 Å². The van der Waals surface area contributed by atoms with E-state index in [0.717, 1.165) is 23.9 Å². The second-order valence-electron chi connectivity index (χ2n) is 6.84. The zero-order chi connectivity index (χ0) is 21.6. The molecular weight excluding hydrogens is 402 g/mol. The van der Waals surface area contributed by atoms with Gasteiger partial charge >= 0.3 is 0 Å². The van der Waals surface area contributed by atoms with E-state index in [9.17, 15) is 13.6 Å². The van der Waals surface area contributed by atoms with Crippen LogP contribution in [-0.4, -0.2) is 38.7 Å². The molecule has 2 aromatic heterocycles. The third-order valence-electron chi connectivity index (χ3n) is 4.78. The van der Waals surface area contributed by atoms with Crippen LogP contribution in [0.2, 0.25) is 0 Å². The molecule has 0 spiro atoms. The molecule has 7 nitrogen and oxygen atoms in total. The van der Waals surface area contributed by atoms with Crippen molar-refractivity contribution in [3.05, 3.63) is 83.8 Å². The Morgan fingerprint density at radius 1 is 0.968 bits per heavy atom. The summed E-state index contributed by atoms with van der Waals surface area (Å²) in [6.45, 7) is 1.11. The van der Waals surface area contributed by atoms with Gasteiger partial charge in [0, 0.05) is 13.1 Å². The molecule has 0 saturated heterocycles. The Morgan fingerprint density at radius 3 is 2.52 bits per heavy atom. The fraction of sp³-hybridized carbons (Fsp3) is 0.182. The Bertz CT molecular complexity index is 1180. The van der Waals surface area contributed by atoms with Gasteiger partial charge in [0.25, 0.3) is 5.91 Å². The number of nitrogens with zero attached hydrogens (tertiary/aromatic N) is 4. The molecule has 0 aliphatic rings. The molecule has 0 aliphatic heterocycles. The third-order valence-corrected chi connectivity index (χ3v) is 4.78. The van der Waals surface area contributed by atoms with Gasteiger partial charge in [-0.2, -0.15) is 5.10 Å². The summed E-state index contributed by atoms with van der Waals surface area (Å²) in [5, 5.41) is 10.9. The highest BCUT2D eigenvalue weighted by Crippen LogP contribution is 2.18. The van der Waals surface area contributed by atoms with Gasteiger partial charge in [0.2, 0.25) is 0 Å². The molecule has 31 heavy (non-hydrogen) atoms. The number of nitrogens with one attached hydrogen (secondary N) is 2. The summed E-state index contributed by atoms with van der Waals surface area (Å²) in [6.07, 6.45) is 3.94. The quantitative estimate of drug-likeness (QED) is 0.456. The Hall–Kier alpha value is -3.88. The lowest BCUT2D eigenvalue weighted by Gasteiger charge is -2.08. The fourth-order valence-corrected chi connectivity index (χ4v) is 3.25. The van der Waals surface area contributed by atoms with Crippen molar-refractivity contribution in [2.45, 2.75) is 13.0 Å². The average molecular weight is 422 g/mol. The zero-order valence-electron chi connectivity index (χ0n) is 16.6. The van der Waals surface area contributed by atoms with Crippen LogP contribution in [-0.2, 0) is 13.0 Å². The number of fused-ring (bicyclic) bond motifs is 1. The standard InChI is InChI=1S/C22H20F2N6O/c23-17-7-4-8-18(24)19(17)22(31)26-11-12-30-21-16(13-29-30)20(27-14-28-21)25-10-9-15-5-2-1-3-6-15/h1-8,13-14H,9-12H2,(H,26,31)(H,25,27,28). The van der Waals surface area contributed by atoms with Gasteiger partial charge in [0.05, 0.1) is 18.1 Å². The molecule has 0 aliphatic carbocycles. The van der Waals surface area contributed by atoms with Crippen molar-refractivity contribution in [1.82, 2.24) is 25.1 Å². The normalized spacial score (nSPS) is 10.9. The van der Waals surface area contributed by atoms with Crippen LogP contribution in [0.1, 0.15) is 15.9 Å². The van der Waals surface area contributed by atoms with E-state index in [2.05, 4.69) is 37.8 Å². The lowest BCUT2D eigenvalue weighted by Crippen LogP contribution is -2.29. The Kier molecular flexibility index (Phi) is 6.11. The third kappa shape index (κ3) is 4.66. The number of anilines is 1. The molecule has 0 bridgehead atoms. The van der Waals surface area contributed by atoms with Gasteiger partial charge in [-0.05, 0) is 24.1 Å². The molecule has 0 saturated carbocycles. The summed E-state index contributed by atoms with van der Waals surface area (Å²) in [6, 6.07) is 13.4. The predicted molar refractivity (Wildman–Crippen MR) is 113 cm³/mol. The van der Waals surface area contributed by atoms with Crippen molar-refractivity contribution < 1.29 is 13.6 Å². The molecule has 4 rings (SSSR count). The molecule has 158 valence electrons. The first-order chi connectivity index (χ1) is 15.1. The fourth-order valence-electron chi connectivity index (χ4n) is 3.25. The van der Waals surface area contributed by atoms with Crippen molar-refractivity contribution in [1.29, 1.82) is 0 Å². The van der Waals surface area contributed by atoms with E-state index in [-0.39, 0.29) is 13.1 Å². The number of rotatable bonds is 8. The summed E-state index contributed by atoms with van der Waals surface area (Å²) in [4.78, 5) is 20.7. The van der Waals surface area contributed by atoms with E-state index in [1.165, 1.54) is 18.0 Å². The van der Waals surface area contributed by atoms with Crippen LogP contribution in [0.3, 0.4) is 0 Å². The molecule has 4 aromatic rings. The molecular formula is C22H20F2N6O. The van der Waals surface area contributed by atoms with Crippen molar-refractivity contribution in [2.24, 2.45) is 0 Å². The van der Waals surface area contributed by atoms with E-state index >= 15 is 0 Å². The molecule has 0 atom stereocenters. The van der Waals surface area contributed by atoms with E-state index < -0.39 is 23.1 Å². The molecule has 1 amide bonds. The highest BCUT2D eigenvalue weighted by atomic mass is 19.1. The first kappa shape index (κ1) is 20.4. The SMILES string of the molecule is O=C(NCCn1ncc2c(NCCc3ccccc3)ncnc21)c1c(F)cccc1F. The minimum Gasteiger partial charge on any atom is -0.369 e. The number of hydrogen-bond donors (Lipinski definition) is 2. The van der Waals surface area contributed by atoms with Crippen molar-refractivity contribution in [3.8, 4) is 0 Å². The zero-order valence-corrected chi connectivity index (χ0v) is 16.6. The maximum Gasteiger partial charge on any atom is 0.257 e. The lowest BCUT2D eigenvalue weighted by atomic mass is 10.1. The highest BCUT2D eigenvalue weighted by Gasteiger charge is 2.17. The number of halogens is 2. The first-order valence-corrected chi connectivity index (χ1v) is 9.80. The molecule has 2 aromatic carbocycles. The molecule has 0 unspecified atom stereocenters. The van der Waals surface area contributed by atoms with Crippen LogP contribution in [0.5, 0.6) is 0 Å². The monoisotopic (exact) mass is 422 g/mol. The number of benzene rings is 2. The number of carbonyl (C=O) groups excluding carboxylic acids is 1. The topological polar surface area (TPSA) is 84.7 Å². The molecule has 0 radical (unpaired) electrons. The van der Waals surface area contributed by atoms with Gasteiger partial charge in [-0.1, -0.05) is 36.4 Å². The summed E-state index contributed by atoms with van der Waals surface area (Å²) < 4.78 is 29.1. The Morgan fingerprint density at radius 2 is 1.74 bits per heavy atom. The second-order valence-corrected chi connectivity index (χ2v) is 6.84. The Balaban J connectivity index is 1.38. The van der Waals surface area contributed by atoms with Gasteiger partial charge in [-0.3, -0.25) is 4.79 Å². The number of carbonyl (C=O) groups is 1. The number of aromatic nitrogens is 4. The molecule has 9 heteroatoms. The summed E-state index contributed by atoms with van der Waals surface area (Å²) >= 11 is 0. The largest absolute Gasteiger partial charge is 0.369 e. The summed E-state index contributed by atoms with van der Waals surface area (Å²) in [5.41, 5.74) is 1.22. The van der Waals surface area contributed by atoms with E-state index in [1.807, 2.05) is 18.2 Å². The van der Waals surface area contributed by atoms with Gasteiger partial charge in [0.15, 0.2) is 5.65 Å². The van der Waals surface area contributed by atoms with Crippen LogP contribution in [0.15, 0.2) is 61.1 Å². The van der Waals surface area contributed by atoms with Crippen molar-refractivity contribution in [3.63, 3.8) is 0 Å². The second kappa shape index (κ2) is 9.29. The van der Waals surface area contributed by atoms with E-state index in [1.54, 1.807) is 10.9 Å².